The zero-order valence-corrected chi connectivity index (χ0v) is 17.0. The molecule has 0 N–H and O–H groups in total. The molecule has 0 saturated carbocycles. The first-order valence-electron chi connectivity index (χ1n) is 12.3. The van der Waals surface area contributed by atoms with Crippen LogP contribution in [0, 0.1) is 0 Å². The molecule has 144 valence electrons. The molecule has 0 spiro atoms. The molecule has 1 saturated heterocycles. The van der Waals surface area contributed by atoms with E-state index in [0.717, 1.165) is 27.0 Å². The highest BCUT2D eigenvalue weighted by Crippen LogP contribution is 2.40. The summed E-state index contributed by atoms with van der Waals surface area (Å²) in [7, 11) is -0.617. The molecular formula is C26H25BO2. The monoisotopic (exact) mass is 385 g/mol. The molecule has 0 bridgehead atoms. The summed E-state index contributed by atoms with van der Waals surface area (Å²) >= 11 is 0. The minimum Gasteiger partial charge on any atom is -0.399 e. The van der Waals surface area contributed by atoms with Gasteiger partial charge in [0.25, 0.3) is 0 Å². The van der Waals surface area contributed by atoms with E-state index in [1.807, 2.05) is 76.2 Å². The van der Waals surface area contributed by atoms with E-state index in [4.69, 9.17) is 16.2 Å². The van der Waals surface area contributed by atoms with Crippen LogP contribution < -0.4 is 5.46 Å². The van der Waals surface area contributed by atoms with Gasteiger partial charge in [-0.15, -0.1) is 0 Å². The van der Waals surface area contributed by atoms with E-state index in [0.29, 0.717) is 5.56 Å². The highest BCUT2D eigenvalue weighted by atomic mass is 16.7. The Hall–Kier alpha value is -2.62. The number of rotatable bonds is 2. The first-order valence-corrected chi connectivity index (χ1v) is 9.82. The first-order chi connectivity index (χ1) is 16.0. The SMILES string of the molecule is [2H]c1c([2H])c([2H])c(-c2c3ccccc3c(B3OC(C)(C)C(C)(C)O3)c3ccccc23)c([2H])c1[2H]. The van der Waals surface area contributed by atoms with Crippen LogP contribution in [0.15, 0.2) is 78.7 Å². The molecule has 1 fully saturated rings. The van der Waals surface area contributed by atoms with E-state index in [2.05, 4.69) is 0 Å². The maximum Gasteiger partial charge on any atom is 0.496 e. The second kappa shape index (κ2) is 6.45. The Bertz CT molecular complexity index is 1380. The van der Waals surface area contributed by atoms with E-state index >= 15 is 0 Å². The van der Waals surface area contributed by atoms with Gasteiger partial charge in [0.2, 0.25) is 0 Å². The number of benzene rings is 4. The van der Waals surface area contributed by atoms with Crippen molar-refractivity contribution in [2.24, 2.45) is 0 Å². The van der Waals surface area contributed by atoms with Gasteiger partial charge in [-0.05, 0) is 65.8 Å². The molecule has 5 rings (SSSR count). The summed E-state index contributed by atoms with van der Waals surface area (Å²) in [4.78, 5) is 0. The van der Waals surface area contributed by atoms with E-state index in [-0.39, 0.29) is 29.7 Å². The third kappa shape index (κ3) is 2.80. The molecule has 0 unspecified atom stereocenters. The Morgan fingerprint density at radius 3 is 1.62 bits per heavy atom. The quantitative estimate of drug-likeness (QED) is 0.313. The van der Waals surface area contributed by atoms with Gasteiger partial charge >= 0.3 is 7.12 Å². The average Bonchev–Trinajstić information content (AvgIpc) is 3.02. The second-order valence-electron chi connectivity index (χ2n) is 8.47. The van der Waals surface area contributed by atoms with Crippen molar-refractivity contribution in [3.8, 4) is 11.1 Å². The third-order valence-electron chi connectivity index (χ3n) is 6.21. The van der Waals surface area contributed by atoms with Gasteiger partial charge in [-0.3, -0.25) is 0 Å². The molecule has 0 amide bonds. The summed E-state index contributed by atoms with van der Waals surface area (Å²) in [6.07, 6.45) is 0. The van der Waals surface area contributed by atoms with Gasteiger partial charge in [-0.2, -0.15) is 0 Å². The molecule has 1 aliphatic heterocycles. The molecule has 29 heavy (non-hydrogen) atoms. The van der Waals surface area contributed by atoms with Crippen LogP contribution in [0.4, 0.5) is 0 Å². The molecule has 0 radical (unpaired) electrons. The minimum absolute atomic E-state index is 0.193. The molecule has 0 aromatic heterocycles. The molecule has 2 nitrogen and oxygen atoms in total. The fourth-order valence-electron chi connectivity index (χ4n) is 4.02. The van der Waals surface area contributed by atoms with Gasteiger partial charge in [0.05, 0.1) is 18.1 Å². The lowest BCUT2D eigenvalue weighted by atomic mass is 9.71. The Kier molecular flexibility index (Phi) is 3.02. The Labute approximate surface area is 179 Å². The summed E-state index contributed by atoms with van der Waals surface area (Å²) in [5, 5.41) is 3.29. The van der Waals surface area contributed by atoms with Crippen molar-refractivity contribution in [1.82, 2.24) is 0 Å². The van der Waals surface area contributed by atoms with Crippen molar-refractivity contribution in [1.29, 1.82) is 0 Å². The third-order valence-corrected chi connectivity index (χ3v) is 6.21. The molecule has 4 aromatic carbocycles. The summed E-state index contributed by atoms with van der Waals surface area (Å²) in [5.41, 5.74) is 0.639. The number of hydrogen-bond acceptors (Lipinski definition) is 2. The normalized spacial score (nSPS) is 20.3. The van der Waals surface area contributed by atoms with Gasteiger partial charge < -0.3 is 9.31 Å². The summed E-state index contributed by atoms with van der Waals surface area (Å²) in [5.74, 6) is 0. The predicted molar refractivity (Wildman–Crippen MR) is 123 cm³/mol. The second-order valence-corrected chi connectivity index (χ2v) is 8.47. The Morgan fingerprint density at radius 1 is 0.690 bits per heavy atom. The van der Waals surface area contributed by atoms with Crippen LogP contribution in [-0.4, -0.2) is 18.3 Å². The predicted octanol–water partition coefficient (Wildman–Crippen LogP) is 5.96. The van der Waals surface area contributed by atoms with Crippen LogP contribution in [0.3, 0.4) is 0 Å². The largest absolute Gasteiger partial charge is 0.496 e. The summed E-state index contributed by atoms with van der Waals surface area (Å²) in [6, 6.07) is 13.9. The van der Waals surface area contributed by atoms with Crippen molar-refractivity contribution in [2.45, 2.75) is 38.9 Å². The molecule has 1 aliphatic rings. The van der Waals surface area contributed by atoms with Gasteiger partial charge in [-0.1, -0.05) is 78.7 Å². The zero-order chi connectivity index (χ0) is 24.6. The maximum absolute atomic E-state index is 8.63. The number of fused-ring (bicyclic) bond motifs is 2. The summed E-state index contributed by atoms with van der Waals surface area (Å²) < 4.78 is 54.6. The Balaban J connectivity index is 1.93. The molecule has 0 atom stereocenters. The van der Waals surface area contributed by atoms with Crippen molar-refractivity contribution >= 4 is 34.1 Å². The Morgan fingerprint density at radius 2 is 1.14 bits per heavy atom. The van der Waals surface area contributed by atoms with E-state index < -0.39 is 24.4 Å². The minimum atomic E-state index is -0.617. The smallest absolute Gasteiger partial charge is 0.399 e. The first kappa shape index (κ1) is 13.6. The lowest BCUT2D eigenvalue weighted by Crippen LogP contribution is -2.41. The molecule has 4 aromatic rings. The van der Waals surface area contributed by atoms with Gasteiger partial charge in [0.1, 0.15) is 0 Å². The molecule has 1 heterocycles. The van der Waals surface area contributed by atoms with Crippen LogP contribution in [0.5, 0.6) is 0 Å². The molecule has 0 aliphatic carbocycles. The maximum atomic E-state index is 8.63. The standard InChI is InChI=1S/C26H25BO2/c1-25(2)26(3,4)29-27(28-25)24-21-16-10-8-14-19(21)23(18-12-6-5-7-13-18)20-15-9-11-17-22(20)24/h5-17H,1-4H3/i5D,6D,7D,12D,13D. The van der Waals surface area contributed by atoms with Crippen molar-refractivity contribution < 1.29 is 16.2 Å². The molecular weight excluding hydrogens is 355 g/mol. The zero-order valence-electron chi connectivity index (χ0n) is 22.0. The van der Waals surface area contributed by atoms with Crippen LogP contribution in [0.1, 0.15) is 34.5 Å². The van der Waals surface area contributed by atoms with Crippen molar-refractivity contribution in [3.63, 3.8) is 0 Å². The topological polar surface area (TPSA) is 18.5 Å². The van der Waals surface area contributed by atoms with E-state index in [1.165, 1.54) is 0 Å². The fourth-order valence-corrected chi connectivity index (χ4v) is 4.02. The fraction of sp³-hybridized carbons (Fsp3) is 0.231. The molecule has 3 heteroatoms. The lowest BCUT2D eigenvalue weighted by molar-refractivity contribution is 0.00578. The van der Waals surface area contributed by atoms with Crippen LogP contribution in [0.25, 0.3) is 32.7 Å². The van der Waals surface area contributed by atoms with Gasteiger partial charge in [0.15, 0.2) is 0 Å². The van der Waals surface area contributed by atoms with Crippen molar-refractivity contribution in [3.05, 3.63) is 78.7 Å². The summed E-state index contributed by atoms with van der Waals surface area (Å²) in [6.45, 7) is 8.05. The van der Waals surface area contributed by atoms with Crippen molar-refractivity contribution in [2.75, 3.05) is 0 Å². The lowest BCUT2D eigenvalue weighted by Gasteiger charge is -2.32. The van der Waals surface area contributed by atoms with Crippen LogP contribution in [0.2, 0.25) is 0 Å². The van der Waals surface area contributed by atoms with Gasteiger partial charge in [-0.25, -0.2) is 0 Å². The van der Waals surface area contributed by atoms with Crippen LogP contribution >= 0.6 is 0 Å². The van der Waals surface area contributed by atoms with E-state index in [1.54, 1.807) is 0 Å². The van der Waals surface area contributed by atoms with Crippen LogP contribution in [-0.2, 0) is 9.31 Å². The van der Waals surface area contributed by atoms with Gasteiger partial charge in [0, 0.05) is 0 Å². The highest BCUT2D eigenvalue weighted by molar-refractivity contribution is 6.68. The van der Waals surface area contributed by atoms with E-state index in [9.17, 15) is 0 Å². The average molecular weight is 385 g/mol. The number of hydrogen-bond donors (Lipinski definition) is 0. The highest BCUT2D eigenvalue weighted by Gasteiger charge is 2.52.